The zero-order valence-corrected chi connectivity index (χ0v) is 10.2. The summed E-state index contributed by atoms with van der Waals surface area (Å²) in [6, 6.07) is 4.23. The largest absolute Gasteiger partial charge is 0.396 e. The highest BCUT2D eigenvalue weighted by Gasteiger charge is 2.08. The summed E-state index contributed by atoms with van der Waals surface area (Å²) in [7, 11) is 0. The zero-order chi connectivity index (χ0) is 12.3. The van der Waals surface area contributed by atoms with E-state index in [1.54, 1.807) is 4.52 Å². The number of aliphatic hydroxyl groups is 1. The van der Waals surface area contributed by atoms with E-state index in [2.05, 4.69) is 22.3 Å². The van der Waals surface area contributed by atoms with E-state index in [-0.39, 0.29) is 12.6 Å². The van der Waals surface area contributed by atoms with Crippen molar-refractivity contribution in [3.8, 4) is 0 Å². The Morgan fingerprint density at radius 3 is 3.06 bits per heavy atom. The van der Waals surface area contributed by atoms with E-state index in [0.29, 0.717) is 5.95 Å². The van der Waals surface area contributed by atoms with Crippen molar-refractivity contribution < 1.29 is 5.11 Å². The highest BCUT2D eigenvalue weighted by atomic mass is 16.2. The molecule has 0 bridgehead atoms. The van der Waals surface area contributed by atoms with Gasteiger partial charge in [-0.2, -0.15) is 4.98 Å². The van der Waals surface area contributed by atoms with Crippen LogP contribution in [0.5, 0.6) is 0 Å². The van der Waals surface area contributed by atoms with Gasteiger partial charge in [0, 0.05) is 18.8 Å². The van der Waals surface area contributed by atoms with Crippen molar-refractivity contribution in [3.05, 3.63) is 23.9 Å². The van der Waals surface area contributed by atoms with Crippen molar-refractivity contribution in [2.45, 2.75) is 32.7 Å². The number of nitrogens with one attached hydrogen (secondary N) is 1. The Kier molecular flexibility index (Phi) is 3.58. The predicted octanol–water partition coefficient (Wildman–Crippen LogP) is 1.61. The van der Waals surface area contributed by atoms with Gasteiger partial charge in [0.1, 0.15) is 0 Å². The van der Waals surface area contributed by atoms with Crippen LogP contribution < -0.4 is 5.32 Å². The number of aliphatic hydroxyl groups excluding tert-OH is 1. The smallest absolute Gasteiger partial charge is 0.243 e. The van der Waals surface area contributed by atoms with Crippen molar-refractivity contribution in [2.24, 2.45) is 0 Å². The van der Waals surface area contributed by atoms with Crippen LogP contribution in [-0.2, 0) is 0 Å². The Hall–Kier alpha value is -1.62. The van der Waals surface area contributed by atoms with E-state index < -0.39 is 0 Å². The molecule has 2 N–H and O–H groups in total. The molecule has 0 aromatic carbocycles. The van der Waals surface area contributed by atoms with Gasteiger partial charge in [0.15, 0.2) is 5.65 Å². The van der Waals surface area contributed by atoms with E-state index >= 15 is 0 Å². The van der Waals surface area contributed by atoms with Gasteiger partial charge in [-0.3, -0.25) is 0 Å². The molecular weight excluding hydrogens is 216 g/mol. The van der Waals surface area contributed by atoms with Gasteiger partial charge in [-0.1, -0.05) is 6.07 Å². The first-order chi connectivity index (χ1) is 8.20. The highest BCUT2D eigenvalue weighted by Crippen LogP contribution is 2.11. The zero-order valence-electron chi connectivity index (χ0n) is 10.2. The monoisotopic (exact) mass is 234 g/mol. The molecule has 0 amide bonds. The summed E-state index contributed by atoms with van der Waals surface area (Å²) in [6.07, 6.45) is 3.59. The van der Waals surface area contributed by atoms with E-state index in [1.807, 2.05) is 25.3 Å². The Morgan fingerprint density at radius 2 is 2.35 bits per heavy atom. The third-order valence-corrected chi connectivity index (χ3v) is 2.73. The maximum Gasteiger partial charge on any atom is 0.243 e. The van der Waals surface area contributed by atoms with Crippen molar-refractivity contribution in [1.82, 2.24) is 14.6 Å². The number of anilines is 1. The molecule has 5 nitrogen and oxygen atoms in total. The van der Waals surface area contributed by atoms with Crippen LogP contribution in [0.2, 0.25) is 0 Å². The SMILES string of the molecule is Cc1cccn2nc(NC(C)CCCO)nc12. The van der Waals surface area contributed by atoms with Crippen LogP contribution in [-0.4, -0.2) is 32.4 Å². The Bertz CT molecular complexity index is 494. The number of nitrogens with zero attached hydrogens (tertiary/aromatic N) is 3. The Labute approximate surface area is 100 Å². The molecule has 0 aliphatic carbocycles. The highest BCUT2D eigenvalue weighted by molar-refractivity contribution is 5.49. The standard InChI is InChI=1S/C12H18N4O/c1-9-5-3-7-16-11(9)14-12(15-16)13-10(2)6-4-8-17/h3,5,7,10,17H,4,6,8H2,1-2H3,(H,13,15). The molecule has 17 heavy (non-hydrogen) atoms. The molecule has 0 spiro atoms. The fourth-order valence-corrected chi connectivity index (χ4v) is 1.79. The predicted molar refractivity (Wildman–Crippen MR) is 67.1 cm³/mol. The molecule has 5 heteroatoms. The van der Waals surface area contributed by atoms with E-state index in [1.165, 1.54) is 0 Å². The molecule has 92 valence electrons. The molecule has 0 aliphatic heterocycles. The summed E-state index contributed by atoms with van der Waals surface area (Å²) in [4.78, 5) is 4.44. The second-order valence-corrected chi connectivity index (χ2v) is 4.31. The van der Waals surface area contributed by atoms with Crippen LogP contribution in [0.15, 0.2) is 18.3 Å². The van der Waals surface area contributed by atoms with Gasteiger partial charge in [0.05, 0.1) is 0 Å². The lowest BCUT2D eigenvalue weighted by molar-refractivity contribution is 0.282. The lowest BCUT2D eigenvalue weighted by Gasteiger charge is -2.10. The van der Waals surface area contributed by atoms with Crippen molar-refractivity contribution >= 4 is 11.6 Å². The molecular formula is C12H18N4O. The Morgan fingerprint density at radius 1 is 1.53 bits per heavy atom. The average molecular weight is 234 g/mol. The van der Waals surface area contributed by atoms with E-state index in [9.17, 15) is 0 Å². The number of fused-ring (bicyclic) bond motifs is 1. The van der Waals surface area contributed by atoms with Gasteiger partial charge in [0.25, 0.3) is 0 Å². The fraction of sp³-hybridized carbons (Fsp3) is 0.500. The van der Waals surface area contributed by atoms with Crippen LogP contribution in [0, 0.1) is 6.92 Å². The van der Waals surface area contributed by atoms with Crippen LogP contribution in [0.4, 0.5) is 5.95 Å². The molecule has 0 saturated carbocycles. The normalized spacial score (nSPS) is 12.9. The first-order valence-electron chi connectivity index (χ1n) is 5.90. The molecule has 2 heterocycles. The number of hydrogen-bond acceptors (Lipinski definition) is 4. The van der Waals surface area contributed by atoms with E-state index in [0.717, 1.165) is 24.1 Å². The van der Waals surface area contributed by atoms with Gasteiger partial charge in [-0.05, 0) is 38.3 Å². The third-order valence-electron chi connectivity index (χ3n) is 2.73. The minimum atomic E-state index is 0.226. The molecule has 2 aromatic heterocycles. The number of hydrogen-bond donors (Lipinski definition) is 2. The first kappa shape index (κ1) is 11.9. The van der Waals surface area contributed by atoms with Crippen LogP contribution in [0.3, 0.4) is 0 Å². The molecule has 1 atom stereocenters. The lowest BCUT2D eigenvalue weighted by atomic mass is 10.2. The second kappa shape index (κ2) is 5.14. The summed E-state index contributed by atoms with van der Waals surface area (Å²) in [5.41, 5.74) is 1.99. The Balaban J connectivity index is 2.11. The van der Waals surface area contributed by atoms with Crippen molar-refractivity contribution in [3.63, 3.8) is 0 Å². The number of rotatable bonds is 5. The first-order valence-corrected chi connectivity index (χ1v) is 5.90. The average Bonchev–Trinajstić information content (AvgIpc) is 2.70. The summed E-state index contributed by atoms with van der Waals surface area (Å²) in [5.74, 6) is 0.643. The summed E-state index contributed by atoms with van der Waals surface area (Å²) < 4.78 is 1.77. The number of aryl methyl sites for hydroxylation is 1. The van der Waals surface area contributed by atoms with Crippen LogP contribution >= 0.6 is 0 Å². The molecule has 0 fully saturated rings. The summed E-state index contributed by atoms with van der Waals surface area (Å²) in [5, 5.41) is 16.4. The second-order valence-electron chi connectivity index (χ2n) is 4.31. The van der Waals surface area contributed by atoms with Crippen LogP contribution in [0.1, 0.15) is 25.3 Å². The third kappa shape index (κ3) is 2.74. The van der Waals surface area contributed by atoms with Crippen LogP contribution in [0.25, 0.3) is 5.65 Å². The molecule has 2 aromatic rings. The van der Waals surface area contributed by atoms with Crippen molar-refractivity contribution in [2.75, 3.05) is 11.9 Å². The molecule has 0 aliphatic rings. The lowest BCUT2D eigenvalue weighted by Crippen LogP contribution is -2.16. The quantitative estimate of drug-likeness (QED) is 0.825. The maximum absolute atomic E-state index is 8.77. The summed E-state index contributed by atoms with van der Waals surface area (Å²) >= 11 is 0. The molecule has 0 saturated heterocycles. The fourth-order valence-electron chi connectivity index (χ4n) is 1.79. The van der Waals surface area contributed by atoms with Gasteiger partial charge >= 0.3 is 0 Å². The summed E-state index contributed by atoms with van der Waals surface area (Å²) in [6.45, 7) is 4.31. The molecule has 2 rings (SSSR count). The van der Waals surface area contributed by atoms with Gasteiger partial charge in [0.2, 0.25) is 5.95 Å². The number of pyridine rings is 1. The molecule has 0 radical (unpaired) electrons. The molecule has 1 unspecified atom stereocenters. The topological polar surface area (TPSA) is 62.5 Å². The van der Waals surface area contributed by atoms with Gasteiger partial charge < -0.3 is 10.4 Å². The minimum Gasteiger partial charge on any atom is -0.396 e. The maximum atomic E-state index is 8.77. The van der Waals surface area contributed by atoms with Crippen molar-refractivity contribution in [1.29, 1.82) is 0 Å². The van der Waals surface area contributed by atoms with E-state index in [4.69, 9.17) is 5.11 Å². The van der Waals surface area contributed by atoms with Gasteiger partial charge in [-0.15, -0.1) is 5.10 Å². The van der Waals surface area contributed by atoms with Gasteiger partial charge in [-0.25, -0.2) is 4.52 Å². The number of aromatic nitrogens is 3. The minimum absolute atomic E-state index is 0.226.